The lowest BCUT2D eigenvalue weighted by Gasteiger charge is -2.04. The Labute approximate surface area is 328 Å². The van der Waals surface area contributed by atoms with Crippen molar-refractivity contribution < 1.29 is 0 Å². The summed E-state index contributed by atoms with van der Waals surface area (Å²) in [7, 11) is 0. The molecule has 4 aromatic carbocycles. The predicted octanol–water partition coefficient (Wildman–Crippen LogP) is 13.8. The fourth-order valence-corrected chi connectivity index (χ4v) is 5.01. The Kier molecular flexibility index (Phi) is 45.8. The molecule has 2 N–H and O–H groups in total. The second-order valence-electron chi connectivity index (χ2n) is 9.39. The molecule has 4 aromatic rings. The van der Waals surface area contributed by atoms with Gasteiger partial charge in [-0.1, -0.05) is 166 Å². The van der Waals surface area contributed by atoms with E-state index in [1.54, 1.807) is 0 Å². The maximum absolute atomic E-state index is 8.49. The first-order valence-electron chi connectivity index (χ1n) is 18.4. The first kappa shape index (κ1) is 54.5. The molecule has 0 atom stereocenters. The summed E-state index contributed by atoms with van der Waals surface area (Å²) in [5, 5.41) is 16.9. The predicted molar refractivity (Wildman–Crippen MR) is 230 cm³/mol. The Bertz CT molecular complexity index is 1320. The molecule has 282 valence electrons. The summed E-state index contributed by atoms with van der Waals surface area (Å²) < 4.78 is 0. The molecule has 0 aliphatic heterocycles. The van der Waals surface area contributed by atoms with Gasteiger partial charge in [0.1, 0.15) is 0 Å². The van der Waals surface area contributed by atoms with E-state index in [1.807, 2.05) is 122 Å². The standard InChI is InChI=1S/C10H15N.C10H11N.C9H8ClN.C8H8Cl2.4C2H6/c2*1-2-9-5-3-4-6-10(9)7-8-11;10-7-9-4-2-1-3-8(9)5-6-11;9-5-7-3-1-2-4-8(7)6-10;4*1-2/h3-6H,2,7-8,11H2,1H3;3-6H,2,7H2,1H3;1-4H,5,7H2;1-4H,5-6H2;4*1-2H3. The van der Waals surface area contributed by atoms with Gasteiger partial charge in [0.25, 0.3) is 0 Å². The van der Waals surface area contributed by atoms with Gasteiger partial charge in [-0.15, -0.1) is 34.8 Å². The quantitative estimate of drug-likeness (QED) is 0.173. The molecule has 6 heteroatoms. The summed E-state index contributed by atoms with van der Waals surface area (Å²) in [5.41, 5.74) is 15.1. The van der Waals surface area contributed by atoms with Crippen LogP contribution in [0.5, 0.6) is 0 Å². The SMILES string of the molecule is CC.CC.CC.CC.CCc1ccccc1CC#N.CCc1ccccc1CCN.ClCc1ccccc1CCl.N#CCc1ccccc1CCl. The molecule has 0 fully saturated rings. The lowest BCUT2D eigenvalue weighted by molar-refractivity contribution is 0.939. The maximum Gasteiger partial charge on any atom is 0.0669 e. The van der Waals surface area contributed by atoms with Gasteiger partial charge in [0.2, 0.25) is 0 Å². The summed E-state index contributed by atoms with van der Waals surface area (Å²) in [6.45, 7) is 21.0. The Morgan fingerprint density at radius 1 is 0.431 bits per heavy atom. The molecular weight excluding hydrogens is 689 g/mol. The molecule has 4 rings (SSSR count). The average molecular weight is 755 g/mol. The topological polar surface area (TPSA) is 73.6 Å². The highest BCUT2D eigenvalue weighted by Crippen LogP contribution is 2.13. The summed E-state index contributed by atoms with van der Waals surface area (Å²) in [6, 6.07) is 36.5. The van der Waals surface area contributed by atoms with Gasteiger partial charge in [0.15, 0.2) is 0 Å². The van der Waals surface area contributed by atoms with Gasteiger partial charge in [-0.05, 0) is 70.3 Å². The number of hydrogen-bond donors (Lipinski definition) is 1. The second kappa shape index (κ2) is 42.9. The largest absolute Gasteiger partial charge is 0.330 e. The Hall–Kier alpha value is -3.31. The van der Waals surface area contributed by atoms with Crippen molar-refractivity contribution in [3.63, 3.8) is 0 Å². The minimum absolute atomic E-state index is 0.447. The first-order chi connectivity index (χ1) is 25.0. The van der Waals surface area contributed by atoms with Crippen LogP contribution in [0.15, 0.2) is 97.1 Å². The monoisotopic (exact) mass is 753 g/mol. The van der Waals surface area contributed by atoms with Gasteiger partial charge < -0.3 is 5.73 Å². The van der Waals surface area contributed by atoms with E-state index in [1.165, 1.54) is 16.7 Å². The molecule has 0 saturated carbocycles. The lowest BCUT2D eigenvalue weighted by atomic mass is 10.0. The van der Waals surface area contributed by atoms with E-state index in [0.717, 1.165) is 53.6 Å². The molecular formula is C45H66Cl3N3. The van der Waals surface area contributed by atoms with E-state index in [0.29, 0.717) is 30.5 Å². The molecule has 0 unspecified atom stereocenters. The molecule has 0 bridgehead atoms. The van der Waals surface area contributed by atoms with E-state index in [4.69, 9.17) is 51.1 Å². The Morgan fingerprint density at radius 3 is 0.941 bits per heavy atom. The Morgan fingerprint density at radius 2 is 0.667 bits per heavy atom. The molecule has 0 aromatic heterocycles. The highest BCUT2D eigenvalue weighted by Gasteiger charge is 1.99. The fraction of sp³-hybridized carbons (Fsp3) is 0.422. The normalized spacial score (nSPS) is 8.47. The third kappa shape index (κ3) is 26.2. The third-order valence-corrected chi connectivity index (χ3v) is 7.48. The number of alkyl halides is 3. The number of benzene rings is 4. The first-order valence-corrected chi connectivity index (χ1v) is 20.0. The molecule has 0 aliphatic carbocycles. The zero-order valence-corrected chi connectivity index (χ0v) is 35.5. The molecule has 0 amide bonds. The van der Waals surface area contributed by atoms with Crippen molar-refractivity contribution in [1.82, 2.24) is 0 Å². The number of halogens is 3. The highest BCUT2D eigenvalue weighted by molar-refractivity contribution is 6.18. The van der Waals surface area contributed by atoms with Crippen molar-refractivity contribution in [3.8, 4) is 12.1 Å². The third-order valence-electron chi connectivity index (χ3n) is 6.62. The minimum Gasteiger partial charge on any atom is -0.330 e. The second-order valence-corrected chi connectivity index (χ2v) is 10.2. The molecule has 0 spiro atoms. The van der Waals surface area contributed by atoms with Crippen LogP contribution in [-0.4, -0.2) is 6.54 Å². The molecule has 0 radical (unpaired) electrons. The van der Waals surface area contributed by atoms with Gasteiger partial charge in [0.05, 0.1) is 25.0 Å². The van der Waals surface area contributed by atoms with Crippen molar-refractivity contribution in [1.29, 1.82) is 10.5 Å². The van der Waals surface area contributed by atoms with Crippen molar-refractivity contribution in [2.75, 3.05) is 6.54 Å². The molecule has 0 aliphatic rings. The van der Waals surface area contributed by atoms with E-state index in [9.17, 15) is 0 Å². The van der Waals surface area contributed by atoms with E-state index in [-0.39, 0.29) is 0 Å². The van der Waals surface area contributed by atoms with Gasteiger partial charge in [-0.25, -0.2) is 0 Å². The number of nitrogens with two attached hydrogens (primary N) is 1. The molecule has 51 heavy (non-hydrogen) atoms. The van der Waals surface area contributed by atoms with E-state index < -0.39 is 0 Å². The van der Waals surface area contributed by atoms with Crippen LogP contribution < -0.4 is 5.73 Å². The maximum atomic E-state index is 8.49. The van der Waals surface area contributed by atoms with Crippen LogP contribution in [0.2, 0.25) is 0 Å². The van der Waals surface area contributed by atoms with Crippen LogP contribution in [0.1, 0.15) is 114 Å². The minimum atomic E-state index is 0.447. The van der Waals surface area contributed by atoms with Crippen LogP contribution in [0.3, 0.4) is 0 Å². The van der Waals surface area contributed by atoms with E-state index in [2.05, 4.69) is 56.3 Å². The summed E-state index contributed by atoms with van der Waals surface area (Å²) in [5.74, 6) is 1.57. The van der Waals surface area contributed by atoms with Crippen molar-refractivity contribution in [2.45, 2.75) is 119 Å². The zero-order chi connectivity index (χ0) is 39.7. The smallest absolute Gasteiger partial charge is 0.0669 e. The van der Waals surface area contributed by atoms with Gasteiger partial charge in [-0.2, -0.15) is 10.5 Å². The summed E-state index contributed by atoms with van der Waals surface area (Å²) in [4.78, 5) is 0. The molecule has 0 saturated heterocycles. The van der Waals surface area contributed by atoms with Crippen LogP contribution in [0, 0.1) is 22.7 Å². The van der Waals surface area contributed by atoms with Crippen LogP contribution >= 0.6 is 34.8 Å². The number of aryl methyl sites for hydroxylation is 2. The number of hydrogen-bond acceptors (Lipinski definition) is 3. The van der Waals surface area contributed by atoms with Gasteiger partial charge >= 0.3 is 0 Å². The number of nitriles is 2. The van der Waals surface area contributed by atoms with Crippen molar-refractivity contribution in [2.24, 2.45) is 5.73 Å². The van der Waals surface area contributed by atoms with Gasteiger partial charge in [0, 0.05) is 17.6 Å². The summed E-state index contributed by atoms with van der Waals surface area (Å²) in [6.07, 6.45) is 4.10. The molecule has 0 heterocycles. The number of rotatable bonds is 9. The summed E-state index contributed by atoms with van der Waals surface area (Å²) >= 11 is 17.0. The van der Waals surface area contributed by atoms with Crippen molar-refractivity contribution in [3.05, 3.63) is 142 Å². The average Bonchev–Trinajstić information content (AvgIpc) is 3.22. The van der Waals surface area contributed by atoms with E-state index >= 15 is 0 Å². The number of nitrogens with zero attached hydrogens (tertiary/aromatic N) is 2. The van der Waals surface area contributed by atoms with Crippen LogP contribution in [0.4, 0.5) is 0 Å². The van der Waals surface area contributed by atoms with Crippen LogP contribution in [0.25, 0.3) is 0 Å². The van der Waals surface area contributed by atoms with Gasteiger partial charge in [-0.3, -0.25) is 0 Å². The van der Waals surface area contributed by atoms with Crippen molar-refractivity contribution >= 4 is 34.8 Å². The van der Waals surface area contributed by atoms with Crippen LogP contribution in [-0.2, 0) is 49.7 Å². The highest BCUT2D eigenvalue weighted by atomic mass is 35.5. The lowest BCUT2D eigenvalue weighted by Crippen LogP contribution is -2.04. The zero-order valence-electron chi connectivity index (χ0n) is 33.2. The Balaban J connectivity index is -0.000000270. The molecule has 3 nitrogen and oxygen atoms in total. The fourth-order valence-electron chi connectivity index (χ4n) is 4.23.